The lowest BCUT2D eigenvalue weighted by Crippen LogP contribution is -2.33. The molecule has 0 saturated carbocycles. The number of halogens is 1. The van der Waals surface area contributed by atoms with Gasteiger partial charge in [-0.2, -0.15) is 0 Å². The van der Waals surface area contributed by atoms with E-state index in [4.69, 9.17) is 10.2 Å². The van der Waals surface area contributed by atoms with Crippen LogP contribution in [-0.2, 0) is 9.53 Å². The summed E-state index contributed by atoms with van der Waals surface area (Å²) in [6, 6.07) is 0. The number of ether oxygens (including phenoxy) is 1. The first-order valence-corrected chi connectivity index (χ1v) is 3.56. The topological polar surface area (TPSA) is 66.8 Å². The highest BCUT2D eigenvalue weighted by molar-refractivity contribution is 9.09. The quantitative estimate of drug-likeness (QED) is 0.479. The van der Waals surface area contributed by atoms with Gasteiger partial charge in [0.05, 0.1) is 18.5 Å². The molecule has 0 radical (unpaired) electrons. The Labute approximate surface area is 66.9 Å². The summed E-state index contributed by atoms with van der Waals surface area (Å²) in [5.41, 5.74) is 0. The number of aliphatic hydroxyl groups is 2. The third-order valence-corrected chi connectivity index (χ3v) is 1.75. The van der Waals surface area contributed by atoms with E-state index < -0.39 is 16.9 Å². The van der Waals surface area contributed by atoms with Crippen LogP contribution in [0.1, 0.15) is 0 Å². The maximum atomic E-state index is 10.5. The lowest BCUT2D eigenvalue weighted by molar-refractivity contribution is -0.150. The van der Waals surface area contributed by atoms with Crippen LogP contribution in [0.2, 0.25) is 0 Å². The van der Waals surface area contributed by atoms with Crippen LogP contribution >= 0.6 is 15.9 Å². The third kappa shape index (κ3) is 2.64. The van der Waals surface area contributed by atoms with E-state index in [0.29, 0.717) is 0 Å². The number of carbonyl (C=O) groups is 1. The van der Waals surface area contributed by atoms with Crippen LogP contribution in [0.3, 0.4) is 0 Å². The minimum atomic E-state index is -1.30. The van der Waals surface area contributed by atoms with Gasteiger partial charge in [0, 0.05) is 0 Å². The highest BCUT2D eigenvalue weighted by Crippen LogP contribution is 2.05. The second-order valence-electron chi connectivity index (χ2n) is 1.67. The molecule has 10 heavy (non-hydrogen) atoms. The first-order chi connectivity index (χ1) is 4.63. The molecule has 0 bridgehead atoms. The maximum absolute atomic E-state index is 10.5. The smallest absolute Gasteiger partial charge is 0.335 e. The number of esters is 1. The van der Waals surface area contributed by atoms with Crippen molar-refractivity contribution in [2.24, 2.45) is 0 Å². The van der Waals surface area contributed by atoms with Gasteiger partial charge >= 0.3 is 5.97 Å². The summed E-state index contributed by atoms with van der Waals surface area (Å²) < 4.78 is 4.20. The molecule has 2 atom stereocenters. The molecule has 0 aromatic rings. The molecule has 0 heterocycles. The van der Waals surface area contributed by atoms with E-state index in [1.54, 1.807) is 0 Å². The molecule has 0 unspecified atom stereocenters. The van der Waals surface area contributed by atoms with E-state index in [-0.39, 0.29) is 6.61 Å². The van der Waals surface area contributed by atoms with E-state index in [1.165, 1.54) is 7.11 Å². The molecule has 5 heteroatoms. The van der Waals surface area contributed by atoms with Gasteiger partial charge in [0.2, 0.25) is 0 Å². The largest absolute Gasteiger partial charge is 0.467 e. The van der Waals surface area contributed by atoms with Gasteiger partial charge in [0.15, 0.2) is 6.10 Å². The van der Waals surface area contributed by atoms with Crippen molar-refractivity contribution in [2.75, 3.05) is 13.7 Å². The van der Waals surface area contributed by atoms with Gasteiger partial charge in [0.25, 0.3) is 0 Å². The van der Waals surface area contributed by atoms with Crippen molar-refractivity contribution in [2.45, 2.75) is 10.9 Å². The summed E-state index contributed by atoms with van der Waals surface area (Å²) in [6.07, 6.45) is -1.30. The number of carbonyl (C=O) groups excluding carboxylic acids is 1. The number of methoxy groups -OCH3 is 1. The Hall–Kier alpha value is -0.130. The zero-order valence-corrected chi connectivity index (χ0v) is 7.04. The fourth-order valence-electron chi connectivity index (χ4n) is 0.368. The molecule has 0 aliphatic rings. The summed E-state index contributed by atoms with van der Waals surface area (Å²) in [4.78, 5) is 9.85. The highest BCUT2D eigenvalue weighted by atomic mass is 79.9. The minimum absolute atomic E-state index is 0.309. The lowest BCUT2D eigenvalue weighted by Gasteiger charge is -2.11. The van der Waals surface area contributed by atoms with Crippen molar-refractivity contribution < 1.29 is 19.7 Å². The van der Waals surface area contributed by atoms with Crippen LogP contribution in [0.25, 0.3) is 0 Å². The van der Waals surface area contributed by atoms with E-state index in [1.807, 2.05) is 0 Å². The lowest BCUT2D eigenvalue weighted by atomic mass is 10.3. The average Bonchev–Trinajstić information content (AvgIpc) is 2.00. The standard InChI is InChI=1S/C5H9BrO4/c1-10-5(9)4(8)3(6)2-7/h3-4,7-8H,2H2,1H3/t3-,4-/m1/s1. The van der Waals surface area contributed by atoms with Gasteiger partial charge in [-0.25, -0.2) is 4.79 Å². The van der Waals surface area contributed by atoms with Crippen LogP contribution in [0.4, 0.5) is 0 Å². The molecule has 4 nitrogen and oxygen atoms in total. The van der Waals surface area contributed by atoms with Gasteiger partial charge in [-0.05, 0) is 0 Å². The van der Waals surface area contributed by atoms with Gasteiger partial charge in [-0.1, -0.05) is 15.9 Å². The Morgan fingerprint density at radius 3 is 2.60 bits per heavy atom. The second-order valence-corrected chi connectivity index (χ2v) is 2.84. The number of rotatable bonds is 3. The van der Waals surface area contributed by atoms with Crippen molar-refractivity contribution in [3.63, 3.8) is 0 Å². The van der Waals surface area contributed by atoms with E-state index >= 15 is 0 Å². The number of hydrogen-bond donors (Lipinski definition) is 2. The van der Waals surface area contributed by atoms with Crippen LogP contribution in [-0.4, -0.2) is 40.8 Å². The highest BCUT2D eigenvalue weighted by Gasteiger charge is 2.23. The molecule has 0 amide bonds. The number of hydrogen-bond acceptors (Lipinski definition) is 4. The molecule has 0 spiro atoms. The monoisotopic (exact) mass is 212 g/mol. The summed E-state index contributed by atoms with van der Waals surface area (Å²) in [6.45, 7) is -0.309. The first-order valence-electron chi connectivity index (χ1n) is 2.64. The van der Waals surface area contributed by atoms with Crippen molar-refractivity contribution in [3.05, 3.63) is 0 Å². The fraction of sp³-hybridized carbons (Fsp3) is 0.800. The second kappa shape index (κ2) is 4.65. The zero-order valence-electron chi connectivity index (χ0n) is 5.45. The summed E-state index contributed by atoms with van der Waals surface area (Å²) in [5.74, 6) is -0.754. The van der Waals surface area contributed by atoms with Crippen molar-refractivity contribution in [1.29, 1.82) is 0 Å². The van der Waals surface area contributed by atoms with E-state index in [2.05, 4.69) is 20.7 Å². The van der Waals surface area contributed by atoms with Crippen LogP contribution in [0, 0.1) is 0 Å². The summed E-state index contributed by atoms with van der Waals surface area (Å²) >= 11 is 2.88. The Balaban J connectivity index is 3.81. The van der Waals surface area contributed by atoms with Gasteiger partial charge in [-0.15, -0.1) is 0 Å². The fourth-order valence-corrected chi connectivity index (χ4v) is 0.584. The Bertz CT molecular complexity index is 116. The summed E-state index contributed by atoms with van der Waals surface area (Å²) in [7, 11) is 1.17. The Morgan fingerprint density at radius 2 is 2.30 bits per heavy atom. The predicted molar refractivity (Wildman–Crippen MR) is 37.8 cm³/mol. The number of alkyl halides is 1. The first kappa shape index (κ1) is 9.87. The average molecular weight is 213 g/mol. The van der Waals surface area contributed by atoms with Crippen LogP contribution in [0.15, 0.2) is 0 Å². The van der Waals surface area contributed by atoms with Crippen LogP contribution < -0.4 is 0 Å². The molecule has 0 aliphatic heterocycles. The van der Waals surface area contributed by atoms with E-state index in [0.717, 1.165) is 0 Å². The molecule has 0 aromatic carbocycles. The number of aliphatic hydroxyl groups excluding tert-OH is 2. The van der Waals surface area contributed by atoms with Crippen molar-refractivity contribution in [3.8, 4) is 0 Å². The Kier molecular flexibility index (Phi) is 4.59. The molecular weight excluding hydrogens is 204 g/mol. The van der Waals surface area contributed by atoms with E-state index in [9.17, 15) is 4.79 Å². The molecule has 2 N–H and O–H groups in total. The molecule has 60 valence electrons. The van der Waals surface area contributed by atoms with Crippen molar-refractivity contribution in [1.82, 2.24) is 0 Å². The van der Waals surface area contributed by atoms with Gasteiger partial charge in [0.1, 0.15) is 0 Å². The Morgan fingerprint density at radius 1 is 1.80 bits per heavy atom. The molecule has 0 aliphatic carbocycles. The zero-order chi connectivity index (χ0) is 8.15. The molecule has 0 saturated heterocycles. The maximum Gasteiger partial charge on any atom is 0.335 e. The van der Waals surface area contributed by atoms with Gasteiger partial charge < -0.3 is 14.9 Å². The molecule has 0 aromatic heterocycles. The van der Waals surface area contributed by atoms with Crippen molar-refractivity contribution >= 4 is 21.9 Å². The predicted octanol–water partition coefficient (Wildman–Crippen LogP) is -0.724. The van der Waals surface area contributed by atoms with Gasteiger partial charge in [-0.3, -0.25) is 0 Å². The van der Waals surface area contributed by atoms with Crippen LogP contribution in [0.5, 0.6) is 0 Å². The SMILES string of the molecule is COC(=O)[C@H](O)[C@H](Br)CO. The minimum Gasteiger partial charge on any atom is -0.467 e. The molecule has 0 fully saturated rings. The normalized spacial score (nSPS) is 16.0. The summed E-state index contributed by atoms with van der Waals surface area (Å²) in [5, 5.41) is 17.3. The molecular formula is C5H9BrO4. The molecule has 0 rings (SSSR count). The third-order valence-electron chi connectivity index (χ3n) is 0.960.